The van der Waals surface area contributed by atoms with Gasteiger partial charge in [-0.1, -0.05) is 11.6 Å². The highest BCUT2D eigenvalue weighted by Gasteiger charge is 2.33. The first-order valence-corrected chi connectivity index (χ1v) is 5.22. The van der Waals surface area contributed by atoms with Crippen LogP contribution in [0.1, 0.15) is 10.4 Å². The zero-order chi connectivity index (χ0) is 11.7. The molecule has 1 aromatic rings. The number of rotatable bonds is 1. The average Bonchev–Trinajstić information content (AvgIpc) is 2.59. The van der Waals surface area contributed by atoms with Gasteiger partial charge in [0.05, 0.1) is 22.8 Å². The molecule has 0 spiro atoms. The first kappa shape index (κ1) is 11.3. The van der Waals surface area contributed by atoms with E-state index in [1.54, 1.807) is 0 Å². The van der Waals surface area contributed by atoms with E-state index in [4.69, 9.17) is 11.6 Å². The van der Waals surface area contributed by atoms with Crippen molar-refractivity contribution in [3.63, 3.8) is 0 Å². The topological polar surface area (TPSA) is 73.7 Å². The molecule has 1 saturated heterocycles. The molecule has 2 N–H and O–H groups in total. The summed E-state index contributed by atoms with van der Waals surface area (Å²) >= 11 is 5.86. The molecule has 0 saturated carbocycles. The number of carbonyl (C=O) groups excluding carboxylic acids is 1. The van der Waals surface area contributed by atoms with Crippen molar-refractivity contribution in [2.45, 2.75) is 12.2 Å². The molecular formula is C10H11ClN2O3. The molecule has 0 bridgehead atoms. The maximum Gasteiger partial charge on any atom is 0.257 e. The van der Waals surface area contributed by atoms with E-state index in [9.17, 15) is 15.0 Å². The number of carbonyl (C=O) groups is 1. The number of pyridine rings is 1. The molecule has 0 aromatic carbocycles. The summed E-state index contributed by atoms with van der Waals surface area (Å²) in [6.07, 6.45) is 1.09. The summed E-state index contributed by atoms with van der Waals surface area (Å²) in [5.74, 6) is -0.325. The second kappa shape index (κ2) is 4.37. The summed E-state index contributed by atoms with van der Waals surface area (Å²) in [5, 5.41) is 19.0. The molecule has 16 heavy (non-hydrogen) atoms. The minimum absolute atomic E-state index is 0.116. The molecule has 1 aliphatic heterocycles. The third kappa shape index (κ3) is 2.02. The zero-order valence-corrected chi connectivity index (χ0v) is 9.13. The second-order valence-corrected chi connectivity index (χ2v) is 4.11. The highest BCUT2D eigenvalue weighted by Crippen LogP contribution is 2.19. The fourth-order valence-electron chi connectivity index (χ4n) is 1.64. The monoisotopic (exact) mass is 242 g/mol. The van der Waals surface area contributed by atoms with Gasteiger partial charge in [-0.3, -0.25) is 9.78 Å². The largest absolute Gasteiger partial charge is 0.388 e. The van der Waals surface area contributed by atoms with Gasteiger partial charge < -0.3 is 15.1 Å². The van der Waals surface area contributed by atoms with Crippen molar-refractivity contribution in [1.29, 1.82) is 0 Å². The van der Waals surface area contributed by atoms with Crippen LogP contribution in [-0.4, -0.2) is 51.3 Å². The molecule has 5 nitrogen and oxygen atoms in total. The van der Waals surface area contributed by atoms with Crippen molar-refractivity contribution in [3.05, 3.63) is 29.0 Å². The smallest absolute Gasteiger partial charge is 0.257 e. The van der Waals surface area contributed by atoms with Crippen molar-refractivity contribution >= 4 is 17.5 Å². The Kier molecular flexibility index (Phi) is 3.09. The second-order valence-electron chi connectivity index (χ2n) is 3.70. The van der Waals surface area contributed by atoms with Crippen LogP contribution in [0.3, 0.4) is 0 Å². The predicted octanol–water partition coefficient (Wildman–Crippen LogP) is -0.0874. The number of hydrogen-bond acceptors (Lipinski definition) is 4. The van der Waals surface area contributed by atoms with Gasteiger partial charge in [-0.2, -0.15) is 0 Å². The molecule has 1 aromatic heterocycles. The van der Waals surface area contributed by atoms with Gasteiger partial charge in [-0.15, -0.1) is 0 Å². The van der Waals surface area contributed by atoms with E-state index >= 15 is 0 Å². The number of halogens is 1. The lowest BCUT2D eigenvalue weighted by Gasteiger charge is -2.15. The first-order valence-electron chi connectivity index (χ1n) is 4.84. The molecule has 86 valence electrons. The molecule has 0 aliphatic carbocycles. The molecule has 2 unspecified atom stereocenters. The van der Waals surface area contributed by atoms with Crippen LogP contribution in [0, 0.1) is 0 Å². The number of aromatic nitrogens is 1. The van der Waals surface area contributed by atoms with Crippen LogP contribution < -0.4 is 0 Å². The van der Waals surface area contributed by atoms with Crippen LogP contribution >= 0.6 is 11.6 Å². The fourth-order valence-corrected chi connectivity index (χ4v) is 1.83. The van der Waals surface area contributed by atoms with E-state index in [0.29, 0.717) is 5.02 Å². The van der Waals surface area contributed by atoms with E-state index < -0.39 is 12.2 Å². The van der Waals surface area contributed by atoms with E-state index in [-0.39, 0.29) is 24.6 Å². The van der Waals surface area contributed by atoms with Gasteiger partial charge in [-0.05, 0) is 6.07 Å². The van der Waals surface area contributed by atoms with Crippen molar-refractivity contribution in [2.75, 3.05) is 13.1 Å². The Balaban J connectivity index is 2.18. The molecule has 1 aliphatic rings. The summed E-state index contributed by atoms with van der Waals surface area (Å²) < 4.78 is 0. The molecule has 6 heteroatoms. The van der Waals surface area contributed by atoms with Crippen LogP contribution in [0.4, 0.5) is 0 Å². The number of hydrogen-bond donors (Lipinski definition) is 2. The molecule has 2 heterocycles. The number of β-amino-alcohol motifs (C(OH)–C–C–N with tert-alkyl or cyclic N) is 2. The Morgan fingerprint density at radius 3 is 2.62 bits per heavy atom. The maximum atomic E-state index is 11.9. The van der Waals surface area contributed by atoms with Crippen LogP contribution in [0.2, 0.25) is 5.02 Å². The third-order valence-corrected chi connectivity index (χ3v) is 2.87. The maximum absolute atomic E-state index is 11.9. The van der Waals surface area contributed by atoms with Gasteiger partial charge in [0.1, 0.15) is 0 Å². The Bertz CT molecular complexity index is 403. The quantitative estimate of drug-likeness (QED) is 0.722. The third-order valence-electron chi connectivity index (χ3n) is 2.54. The van der Waals surface area contributed by atoms with Gasteiger partial charge in [0, 0.05) is 25.5 Å². The number of likely N-dealkylation sites (tertiary alicyclic amines) is 1. The zero-order valence-electron chi connectivity index (χ0n) is 8.38. The van der Waals surface area contributed by atoms with E-state index in [2.05, 4.69) is 4.98 Å². The van der Waals surface area contributed by atoms with Crippen LogP contribution in [0.15, 0.2) is 18.5 Å². The van der Waals surface area contributed by atoms with Crippen molar-refractivity contribution < 1.29 is 15.0 Å². The summed E-state index contributed by atoms with van der Waals surface area (Å²) in [5.41, 5.74) is 0.283. The van der Waals surface area contributed by atoms with E-state index in [1.165, 1.54) is 23.4 Å². The standard InChI is InChI=1S/C10H11ClN2O3/c11-7-1-2-12-3-6(7)10(16)13-4-8(14)9(15)5-13/h1-3,8-9,14-15H,4-5H2. The van der Waals surface area contributed by atoms with Crippen LogP contribution in [0.5, 0.6) is 0 Å². The molecular weight excluding hydrogens is 232 g/mol. The fraction of sp³-hybridized carbons (Fsp3) is 0.400. The Hall–Kier alpha value is -1.17. The van der Waals surface area contributed by atoms with E-state index in [0.717, 1.165) is 0 Å². The lowest BCUT2D eigenvalue weighted by atomic mass is 10.2. The molecule has 2 atom stereocenters. The summed E-state index contributed by atoms with van der Waals surface area (Å²) in [4.78, 5) is 17.1. The van der Waals surface area contributed by atoms with Crippen LogP contribution in [-0.2, 0) is 0 Å². The minimum Gasteiger partial charge on any atom is -0.388 e. The van der Waals surface area contributed by atoms with Gasteiger partial charge in [0.2, 0.25) is 0 Å². The van der Waals surface area contributed by atoms with Crippen LogP contribution in [0.25, 0.3) is 0 Å². The predicted molar refractivity (Wildman–Crippen MR) is 57.2 cm³/mol. The van der Waals surface area contributed by atoms with Gasteiger partial charge in [0.15, 0.2) is 0 Å². The number of aliphatic hydroxyl groups is 2. The Labute approximate surface area is 97.3 Å². The normalized spacial score (nSPS) is 24.8. The molecule has 0 radical (unpaired) electrons. The van der Waals surface area contributed by atoms with Crippen molar-refractivity contribution in [2.24, 2.45) is 0 Å². The Morgan fingerprint density at radius 1 is 1.44 bits per heavy atom. The van der Waals surface area contributed by atoms with Gasteiger partial charge in [-0.25, -0.2) is 0 Å². The minimum atomic E-state index is -0.889. The summed E-state index contributed by atoms with van der Waals surface area (Å²) in [6.45, 7) is 0.233. The first-order chi connectivity index (χ1) is 7.59. The lowest BCUT2D eigenvalue weighted by Crippen LogP contribution is -2.30. The summed E-state index contributed by atoms with van der Waals surface area (Å²) in [7, 11) is 0. The lowest BCUT2D eigenvalue weighted by molar-refractivity contribution is 0.0572. The highest BCUT2D eigenvalue weighted by atomic mass is 35.5. The molecule has 1 fully saturated rings. The van der Waals surface area contributed by atoms with Crippen molar-refractivity contribution in [3.8, 4) is 0 Å². The van der Waals surface area contributed by atoms with Gasteiger partial charge >= 0.3 is 0 Å². The number of aliphatic hydroxyl groups excluding tert-OH is 2. The number of amides is 1. The number of nitrogens with zero attached hydrogens (tertiary/aromatic N) is 2. The molecule has 2 rings (SSSR count). The highest BCUT2D eigenvalue weighted by molar-refractivity contribution is 6.33. The SMILES string of the molecule is O=C(c1cnccc1Cl)N1CC(O)C(O)C1. The van der Waals surface area contributed by atoms with Crippen molar-refractivity contribution in [1.82, 2.24) is 9.88 Å². The Morgan fingerprint density at radius 2 is 2.06 bits per heavy atom. The van der Waals surface area contributed by atoms with Gasteiger partial charge in [0.25, 0.3) is 5.91 Å². The average molecular weight is 243 g/mol. The van der Waals surface area contributed by atoms with E-state index in [1.807, 2.05) is 0 Å². The summed E-state index contributed by atoms with van der Waals surface area (Å²) in [6, 6.07) is 1.53. The molecule has 1 amide bonds.